The van der Waals surface area contributed by atoms with Crippen molar-refractivity contribution in [2.24, 2.45) is 5.92 Å². The van der Waals surface area contributed by atoms with Crippen LogP contribution in [-0.2, 0) is 4.79 Å². The zero-order valence-corrected chi connectivity index (χ0v) is 10.3. The molecule has 1 atom stereocenters. The maximum atomic E-state index is 11.9. The number of Topliss-reactive ketones (excluding diaryl/α,β-unsaturated/α-hetero) is 1. The van der Waals surface area contributed by atoms with Crippen LogP contribution in [0, 0.1) is 5.92 Å². The molecule has 0 spiro atoms. The molecule has 1 aliphatic heterocycles. The quantitative estimate of drug-likeness (QED) is 0.739. The van der Waals surface area contributed by atoms with E-state index in [0.717, 1.165) is 30.4 Å². The second kappa shape index (κ2) is 6.84. The maximum Gasteiger partial charge on any atom is 0.173 e. The third-order valence-electron chi connectivity index (χ3n) is 2.60. The molecule has 17 heavy (non-hydrogen) atoms. The highest BCUT2D eigenvalue weighted by Gasteiger charge is 2.27. The van der Waals surface area contributed by atoms with E-state index in [1.807, 2.05) is 24.3 Å². The molecule has 0 saturated carbocycles. The number of ketones is 1. The van der Waals surface area contributed by atoms with E-state index in [4.69, 9.17) is 9.53 Å². The molecule has 3 nitrogen and oxygen atoms in total. The van der Waals surface area contributed by atoms with Crippen LogP contribution in [0.4, 0.5) is 0 Å². The van der Waals surface area contributed by atoms with Crippen molar-refractivity contribution < 1.29 is 14.3 Å². The number of carbonyl (C=O) groups is 2. The van der Waals surface area contributed by atoms with Crippen LogP contribution in [0.25, 0.3) is 0 Å². The van der Waals surface area contributed by atoms with Crippen LogP contribution in [0.2, 0.25) is 0 Å². The van der Waals surface area contributed by atoms with Crippen molar-refractivity contribution in [2.75, 3.05) is 6.61 Å². The molecule has 3 heteroatoms. The molecule has 1 heterocycles. The monoisotopic (exact) mass is 234 g/mol. The molecule has 0 N–H and O–H groups in total. The van der Waals surface area contributed by atoms with Crippen molar-refractivity contribution in [1.82, 2.24) is 0 Å². The summed E-state index contributed by atoms with van der Waals surface area (Å²) in [5.41, 5.74) is 0.747. The summed E-state index contributed by atoms with van der Waals surface area (Å²) >= 11 is 0. The summed E-state index contributed by atoms with van der Waals surface area (Å²) in [5.74, 6) is 1.05. The van der Waals surface area contributed by atoms with Crippen molar-refractivity contribution in [3.63, 3.8) is 0 Å². The SMILES string of the molecule is CC=O.CCCC1COc2ccccc2C1=O. The maximum absolute atomic E-state index is 11.9. The van der Waals surface area contributed by atoms with Gasteiger partial charge in [0.2, 0.25) is 0 Å². The van der Waals surface area contributed by atoms with Crippen LogP contribution in [0.5, 0.6) is 5.75 Å². The molecule has 1 unspecified atom stereocenters. The van der Waals surface area contributed by atoms with Crippen molar-refractivity contribution in [3.8, 4) is 5.75 Å². The van der Waals surface area contributed by atoms with Gasteiger partial charge in [-0.05, 0) is 25.5 Å². The third-order valence-corrected chi connectivity index (χ3v) is 2.60. The van der Waals surface area contributed by atoms with Gasteiger partial charge in [0.25, 0.3) is 0 Å². The van der Waals surface area contributed by atoms with Crippen molar-refractivity contribution >= 4 is 12.1 Å². The van der Waals surface area contributed by atoms with Crippen molar-refractivity contribution in [3.05, 3.63) is 29.8 Å². The first-order chi connectivity index (χ1) is 8.24. The lowest BCUT2D eigenvalue weighted by atomic mass is 9.92. The largest absolute Gasteiger partial charge is 0.492 e. The van der Waals surface area contributed by atoms with Crippen molar-refractivity contribution in [2.45, 2.75) is 26.7 Å². The second-order valence-electron chi connectivity index (χ2n) is 3.89. The molecule has 0 bridgehead atoms. The number of carbonyl (C=O) groups excluding carboxylic acids is 2. The minimum Gasteiger partial charge on any atom is -0.492 e. The van der Waals surface area contributed by atoms with Crippen LogP contribution in [-0.4, -0.2) is 18.7 Å². The van der Waals surface area contributed by atoms with Gasteiger partial charge in [0.15, 0.2) is 5.78 Å². The average molecular weight is 234 g/mol. The molecule has 0 saturated heterocycles. The summed E-state index contributed by atoms with van der Waals surface area (Å²) in [6.45, 7) is 4.08. The molecule has 2 rings (SSSR count). The highest BCUT2D eigenvalue weighted by Crippen LogP contribution is 2.28. The van der Waals surface area contributed by atoms with Crippen LogP contribution in [0.1, 0.15) is 37.0 Å². The second-order valence-corrected chi connectivity index (χ2v) is 3.89. The molecule has 0 aromatic heterocycles. The molecule has 0 fully saturated rings. The van der Waals surface area contributed by atoms with E-state index in [0.29, 0.717) is 6.61 Å². The fraction of sp³-hybridized carbons (Fsp3) is 0.429. The van der Waals surface area contributed by atoms with E-state index < -0.39 is 0 Å². The van der Waals surface area contributed by atoms with E-state index >= 15 is 0 Å². The Balaban J connectivity index is 0.000000437. The van der Waals surface area contributed by atoms with Gasteiger partial charge in [0.1, 0.15) is 12.0 Å². The Hall–Kier alpha value is -1.64. The summed E-state index contributed by atoms with van der Waals surface area (Å²) < 4.78 is 5.54. The summed E-state index contributed by atoms with van der Waals surface area (Å²) in [6.07, 6.45) is 2.70. The minimum atomic E-state index is 0.0647. The molecule has 1 aliphatic rings. The lowest BCUT2D eigenvalue weighted by molar-refractivity contribution is -0.106. The number of fused-ring (bicyclic) bond motifs is 1. The molecular weight excluding hydrogens is 216 g/mol. The van der Waals surface area contributed by atoms with Gasteiger partial charge in [-0.1, -0.05) is 25.5 Å². The number of benzene rings is 1. The molecule has 1 aromatic rings. The van der Waals surface area contributed by atoms with E-state index in [1.54, 1.807) is 0 Å². The summed E-state index contributed by atoms with van der Waals surface area (Å²) in [4.78, 5) is 20.7. The normalized spacial score (nSPS) is 17.3. The highest BCUT2D eigenvalue weighted by molar-refractivity contribution is 6.01. The first-order valence-corrected chi connectivity index (χ1v) is 5.90. The topological polar surface area (TPSA) is 43.4 Å². The Labute approximate surface area is 102 Å². The van der Waals surface area contributed by atoms with Gasteiger partial charge in [0, 0.05) is 0 Å². The molecule has 0 radical (unpaired) electrons. The number of rotatable bonds is 2. The van der Waals surface area contributed by atoms with Gasteiger partial charge in [-0.25, -0.2) is 0 Å². The molecule has 1 aromatic carbocycles. The van der Waals surface area contributed by atoms with E-state index in [9.17, 15) is 4.79 Å². The summed E-state index contributed by atoms with van der Waals surface area (Å²) in [6, 6.07) is 7.48. The Morgan fingerprint density at radius 3 is 2.71 bits per heavy atom. The van der Waals surface area contributed by atoms with Crippen LogP contribution in [0.3, 0.4) is 0 Å². The Morgan fingerprint density at radius 2 is 2.06 bits per heavy atom. The predicted molar refractivity (Wildman–Crippen MR) is 66.4 cm³/mol. The lowest BCUT2D eigenvalue weighted by Crippen LogP contribution is -2.27. The van der Waals surface area contributed by atoms with Gasteiger partial charge < -0.3 is 9.53 Å². The zero-order chi connectivity index (χ0) is 12.7. The van der Waals surface area contributed by atoms with Gasteiger partial charge in [-0.3, -0.25) is 4.79 Å². The number of hydrogen-bond donors (Lipinski definition) is 0. The van der Waals surface area contributed by atoms with Gasteiger partial charge in [0.05, 0.1) is 18.1 Å². The molecular formula is C14H18O3. The summed E-state index contributed by atoms with van der Waals surface area (Å²) in [5, 5.41) is 0. The van der Waals surface area contributed by atoms with Gasteiger partial charge >= 0.3 is 0 Å². The Kier molecular flexibility index (Phi) is 5.40. The minimum absolute atomic E-state index is 0.0647. The fourth-order valence-electron chi connectivity index (χ4n) is 1.84. The third kappa shape index (κ3) is 3.41. The van der Waals surface area contributed by atoms with E-state index in [2.05, 4.69) is 6.92 Å². The smallest absolute Gasteiger partial charge is 0.173 e. The highest BCUT2D eigenvalue weighted by atomic mass is 16.5. The van der Waals surface area contributed by atoms with Crippen molar-refractivity contribution in [1.29, 1.82) is 0 Å². The van der Waals surface area contributed by atoms with Gasteiger partial charge in [-0.2, -0.15) is 0 Å². The zero-order valence-electron chi connectivity index (χ0n) is 10.3. The number of hydrogen-bond acceptors (Lipinski definition) is 3. The Morgan fingerprint density at radius 1 is 1.41 bits per heavy atom. The molecule has 92 valence electrons. The molecule has 0 amide bonds. The number of para-hydroxylation sites is 1. The predicted octanol–water partition coefficient (Wildman–Crippen LogP) is 2.88. The van der Waals surface area contributed by atoms with E-state index in [1.165, 1.54) is 6.92 Å². The Bertz CT molecular complexity index is 385. The fourth-order valence-corrected chi connectivity index (χ4v) is 1.84. The molecule has 0 aliphatic carbocycles. The van der Waals surface area contributed by atoms with Crippen LogP contribution in [0.15, 0.2) is 24.3 Å². The van der Waals surface area contributed by atoms with Crippen LogP contribution >= 0.6 is 0 Å². The standard InChI is InChI=1S/C12H14O2.C2H4O/c1-2-5-9-8-14-11-7-4-3-6-10(11)12(9)13;1-2-3/h3-4,6-7,9H,2,5,8H2,1H3;2H,1H3. The first-order valence-electron chi connectivity index (χ1n) is 5.90. The van der Waals surface area contributed by atoms with Crippen LogP contribution < -0.4 is 4.74 Å². The summed E-state index contributed by atoms with van der Waals surface area (Å²) in [7, 11) is 0. The lowest BCUT2D eigenvalue weighted by Gasteiger charge is -2.23. The van der Waals surface area contributed by atoms with E-state index in [-0.39, 0.29) is 11.7 Å². The number of ether oxygens (including phenoxy) is 1. The van der Waals surface area contributed by atoms with Gasteiger partial charge in [-0.15, -0.1) is 0 Å². The first kappa shape index (κ1) is 13.4. The number of aldehydes is 1. The average Bonchev–Trinajstić information content (AvgIpc) is 2.34.